The fourth-order valence-electron chi connectivity index (χ4n) is 2.98. The normalized spacial score (nSPS) is 13.7. The Balaban J connectivity index is 1.62. The summed E-state index contributed by atoms with van der Waals surface area (Å²) in [6.45, 7) is 4.23. The summed E-state index contributed by atoms with van der Waals surface area (Å²) in [5.41, 5.74) is 1.77. The summed E-state index contributed by atoms with van der Waals surface area (Å²) in [6, 6.07) is 17.3. The third-order valence-electron chi connectivity index (χ3n) is 4.66. The first-order chi connectivity index (χ1) is 12.5. The molecule has 3 rings (SSSR count). The third-order valence-corrected chi connectivity index (χ3v) is 5.00. The van der Waals surface area contributed by atoms with Crippen LogP contribution in [0, 0.1) is 0 Å². The van der Waals surface area contributed by atoms with Crippen LogP contribution >= 0.6 is 11.6 Å². The van der Waals surface area contributed by atoms with Gasteiger partial charge in [-0.3, -0.25) is 9.69 Å². The number of para-hydroxylation sites is 1. The number of hydrogen-bond acceptors (Lipinski definition) is 3. The average Bonchev–Trinajstić information content (AvgIpc) is 3.05. The molecule has 2 aromatic carbocycles. The second-order valence-corrected chi connectivity index (χ2v) is 7.00. The van der Waals surface area contributed by atoms with E-state index in [0.717, 1.165) is 22.3 Å². The predicted octanol–water partition coefficient (Wildman–Crippen LogP) is 4.96. The number of halogens is 1. The molecule has 0 saturated carbocycles. The van der Waals surface area contributed by atoms with Crippen LogP contribution in [-0.2, 0) is 4.79 Å². The van der Waals surface area contributed by atoms with Crippen molar-refractivity contribution >= 4 is 28.5 Å². The van der Waals surface area contributed by atoms with Gasteiger partial charge in [0.15, 0.2) is 0 Å². The topological polar surface area (TPSA) is 45.5 Å². The lowest BCUT2D eigenvalue weighted by Gasteiger charge is -2.23. The molecular formula is C21H23ClN2O2. The van der Waals surface area contributed by atoms with Crippen molar-refractivity contribution < 1.29 is 9.21 Å². The van der Waals surface area contributed by atoms with Crippen molar-refractivity contribution in [1.29, 1.82) is 0 Å². The first-order valence-corrected chi connectivity index (χ1v) is 9.06. The molecule has 0 spiro atoms. The van der Waals surface area contributed by atoms with E-state index in [1.165, 1.54) is 0 Å². The molecule has 3 aromatic rings. The molecule has 0 fully saturated rings. The van der Waals surface area contributed by atoms with Gasteiger partial charge in [-0.05, 0) is 44.7 Å². The lowest BCUT2D eigenvalue weighted by atomic mass is 10.1. The van der Waals surface area contributed by atoms with Crippen molar-refractivity contribution in [3.63, 3.8) is 0 Å². The highest BCUT2D eigenvalue weighted by atomic mass is 35.5. The maximum atomic E-state index is 12.4. The number of carbonyl (C=O) groups excluding carboxylic acids is 1. The van der Waals surface area contributed by atoms with Crippen LogP contribution in [0.5, 0.6) is 0 Å². The van der Waals surface area contributed by atoms with Gasteiger partial charge >= 0.3 is 0 Å². The van der Waals surface area contributed by atoms with Crippen molar-refractivity contribution in [3.8, 4) is 0 Å². The van der Waals surface area contributed by atoms with E-state index in [1.54, 1.807) is 0 Å². The highest BCUT2D eigenvalue weighted by molar-refractivity contribution is 6.31. The Bertz CT molecular complexity index is 873. The van der Waals surface area contributed by atoms with E-state index in [4.69, 9.17) is 16.0 Å². The molecule has 4 nitrogen and oxygen atoms in total. The zero-order valence-electron chi connectivity index (χ0n) is 15.2. The van der Waals surface area contributed by atoms with Crippen LogP contribution < -0.4 is 5.32 Å². The molecule has 0 aliphatic rings. The molecule has 0 saturated heterocycles. The van der Waals surface area contributed by atoms with Crippen LogP contribution in [0.3, 0.4) is 0 Å². The first kappa shape index (κ1) is 18.5. The van der Waals surface area contributed by atoms with E-state index in [0.29, 0.717) is 5.02 Å². The highest BCUT2D eigenvalue weighted by Gasteiger charge is 2.20. The van der Waals surface area contributed by atoms with Crippen molar-refractivity contribution in [1.82, 2.24) is 10.2 Å². The number of likely N-dealkylation sites (N-methyl/N-ethyl adjacent to an activating group) is 1. The molecule has 26 heavy (non-hydrogen) atoms. The number of carbonyl (C=O) groups is 1. The Morgan fingerprint density at radius 1 is 1.15 bits per heavy atom. The minimum Gasteiger partial charge on any atom is -0.459 e. The third kappa shape index (κ3) is 4.09. The van der Waals surface area contributed by atoms with Crippen molar-refractivity contribution in [2.75, 3.05) is 13.6 Å². The molecular weight excluding hydrogens is 348 g/mol. The Hall–Kier alpha value is -2.30. The van der Waals surface area contributed by atoms with Crippen molar-refractivity contribution in [2.45, 2.75) is 25.9 Å². The van der Waals surface area contributed by atoms with E-state index in [2.05, 4.69) is 5.32 Å². The summed E-state index contributed by atoms with van der Waals surface area (Å²) in [5, 5.41) is 4.73. The number of nitrogens with one attached hydrogen (secondary N) is 1. The van der Waals surface area contributed by atoms with Crippen molar-refractivity contribution in [3.05, 3.63) is 70.9 Å². The summed E-state index contributed by atoms with van der Waals surface area (Å²) in [4.78, 5) is 14.4. The number of rotatable bonds is 6. The van der Waals surface area contributed by atoms with Gasteiger partial charge in [-0.1, -0.05) is 48.0 Å². The number of amides is 1. The zero-order valence-corrected chi connectivity index (χ0v) is 16.0. The van der Waals surface area contributed by atoms with Crippen LogP contribution in [0.4, 0.5) is 0 Å². The van der Waals surface area contributed by atoms with Crippen LogP contribution in [0.15, 0.2) is 59.0 Å². The van der Waals surface area contributed by atoms with Crippen LogP contribution in [0.2, 0.25) is 5.02 Å². The fraction of sp³-hybridized carbons (Fsp3) is 0.286. The molecule has 136 valence electrons. The molecule has 2 atom stereocenters. The molecule has 0 aliphatic carbocycles. The van der Waals surface area contributed by atoms with Gasteiger partial charge in [0.1, 0.15) is 11.3 Å². The van der Waals surface area contributed by atoms with Crippen LogP contribution in [-0.4, -0.2) is 24.4 Å². The van der Waals surface area contributed by atoms with Crippen molar-refractivity contribution in [2.24, 2.45) is 0 Å². The quantitative estimate of drug-likeness (QED) is 0.667. The summed E-state index contributed by atoms with van der Waals surface area (Å²) in [7, 11) is 1.91. The van der Waals surface area contributed by atoms with E-state index >= 15 is 0 Å². The van der Waals surface area contributed by atoms with Gasteiger partial charge in [0, 0.05) is 10.4 Å². The molecule has 1 N–H and O–H groups in total. The highest BCUT2D eigenvalue weighted by Crippen LogP contribution is 2.26. The lowest BCUT2D eigenvalue weighted by Crippen LogP contribution is -2.37. The molecule has 0 aliphatic heterocycles. The smallest absolute Gasteiger partial charge is 0.234 e. The minimum atomic E-state index is -0.147. The van der Waals surface area contributed by atoms with E-state index < -0.39 is 0 Å². The van der Waals surface area contributed by atoms with Gasteiger partial charge in [0.25, 0.3) is 0 Å². The standard InChI is InChI=1S/C21H23ClN2O2/c1-14(17-9-5-6-10-18(17)22)23-21(25)13-24(3)15(2)20-12-16-8-4-7-11-19(16)26-20/h4-12,14-15H,13H2,1-3H3,(H,23,25)/t14-,15-/m1/s1. The molecule has 1 amide bonds. The maximum absolute atomic E-state index is 12.4. The Kier molecular flexibility index (Phi) is 5.64. The molecule has 0 bridgehead atoms. The number of benzene rings is 2. The molecule has 1 heterocycles. The summed E-state index contributed by atoms with van der Waals surface area (Å²) < 4.78 is 5.91. The fourth-order valence-corrected chi connectivity index (χ4v) is 3.28. The lowest BCUT2D eigenvalue weighted by molar-refractivity contribution is -0.123. The van der Waals surface area contributed by atoms with E-state index in [1.807, 2.05) is 80.4 Å². The summed E-state index contributed by atoms with van der Waals surface area (Å²) in [6.07, 6.45) is 0. The SMILES string of the molecule is C[C@H](c1cc2ccccc2o1)N(C)CC(=O)N[C@H](C)c1ccccc1Cl. The Morgan fingerprint density at radius 3 is 2.58 bits per heavy atom. The molecule has 0 radical (unpaired) electrons. The van der Waals surface area contributed by atoms with E-state index in [-0.39, 0.29) is 24.5 Å². The van der Waals surface area contributed by atoms with Gasteiger partial charge in [-0.25, -0.2) is 0 Å². The number of fused-ring (bicyclic) bond motifs is 1. The van der Waals surface area contributed by atoms with Crippen LogP contribution in [0.1, 0.15) is 37.3 Å². The van der Waals surface area contributed by atoms with Gasteiger partial charge in [0.05, 0.1) is 18.6 Å². The van der Waals surface area contributed by atoms with Gasteiger partial charge in [-0.2, -0.15) is 0 Å². The predicted molar refractivity (Wildman–Crippen MR) is 105 cm³/mol. The monoisotopic (exact) mass is 370 g/mol. The second kappa shape index (κ2) is 7.94. The second-order valence-electron chi connectivity index (χ2n) is 6.59. The number of hydrogen-bond donors (Lipinski definition) is 1. The van der Waals surface area contributed by atoms with Gasteiger partial charge in [0.2, 0.25) is 5.91 Å². The average molecular weight is 371 g/mol. The largest absolute Gasteiger partial charge is 0.459 e. The van der Waals surface area contributed by atoms with E-state index in [9.17, 15) is 4.79 Å². The molecule has 1 aromatic heterocycles. The van der Waals surface area contributed by atoms with Crippen LogP contribution in [0.25, 0.3) is 11.0 Å². The Morgan fingerprint density at radius 2 is 1.85 bits per heavy atom. The summed E-state index contributed by atoms with van der Waals surface area (Å²) >= 11 is 6.20. The zero-order chi connectivity index (χ0) is 18.7. The number of nitrogens with zero attached hydrogens (tertiary/aromatic N) is 1. The summed E-state index contributed by atoms with van der Waals surface area (Å²) in [5.74, 6) is 0.795. The molecule has 0 unspecified atom stereocenters. The van der Waals surface area contributed by atoms with Gasteiger partial charge in [-0.15, -0.1) is 0 Å². The Labute approximate surface area is 158 Å². The maximum Gasteiger partial charge on any atom is 0.234 e. The first-order valence-electron chi connectivity index (χ1n) is 8.68. The van der Waals surface area contributed by atoms with Gasteiger partial charge < -0.3 is 9.73 Å². The minimum absolute atomic E-state index is 0.0104. The number of furan rings is 1. The molecule has 5 heteroatoms.